The summed E-state index contributed by atoms with van der Waals surface area (Å²) in [7, 11) is 0. The molecule has 0 rings (SSSR count). The molecule has 2 N–H and O–H groups in total. The summed E-state index contributed by atoms with van der Waals surface area (Å²) < 4.78 is 0. The van der Waals surface area contributed by atoms with Gasteiger partial charge in [-0.25, -0.2) is 9.59 Å². The third kappa shape index (κ3) is 14.2. The molecule has 0 heterocycles. The molecule has 0 aromatic rings. The maximum Gasteiger partial charge on any atom is 1.00 e. The molecule has 5 heteroatoms. The molecule has 0 spiro atoms. The molecule has 0 atom stereocenters. The van der Waals surface area contributed by atoms with Crippen molar-refractivity contribution in [3.63, 3.8) is 0 Å². The molecule has 128 valence electrons. The Morgan fingerprint density at radius 1 is 0.600 bits per heavy atom. The molecule has 0 aliphatic heterocycles. The van der Waals surface area contributed by atoms with Crippen LogP contribution in [0.5, 0.6) is 0 Å². The van der Waals surface area contributed by atoms with Crippen molar-refractivity contribution in [2.75, 3.05) is 0 Å². The first-order valence-electron chi connectivity index (χ1n) is 7.42. The van der Waals surface area contributed by atoms with Gasteiger partial charge in [0.2, 0.25) is 0 Å². The van der Waals surface area contributed by atoms with Crippen molar-refractivity contribution in [2.24, 2.45) is 0 Å². The van der Waals surface area contributed by atoms with Gasteiger partial charge in [-0.15, -0.1) is 0 Å². The molecule has 0 radical (unpaired) electrons. The fourth-order valence-corrected chi connectivity index (χ4v) is 1.36. The molecule has 0 aliphatic carbocycles. The van der Waals surface area contributed by atoms with Crippen LogP contribution in [0.15, 0.2) is 83.1 Å². The van der Waals surface area contributed by atoms with Crippen molar-refractivity contribution >= 4 is 11.9 Å². The quantitative estimate of drug-likeness (QED) is 0.396. The second kappa shape index (κ2) is 14.5. The summed E-state index contributed by atoms with van der Waals surface area (Å²) in [5.41, 5.74) is 2.55. The van der Waals surface area contributed by atoms with Gasteiger partial charge in [0, 0.05) is 11.1 Å². The van der Waals surface area contributed by atoms with E-state index in [0.717, 1.165) is 11.1 Å². The summed E-state index contributed by atoms with van der Waals surface area (Å²) in [4.78, 5) is 21.2. The average molecular weight is 351 g/mol. The Kier molecular flexibility index (Phi) is 14.7. The van der Waals surface area contributed by atoms with E-state index in [1.807, 2.05) is 50.3 Å². The second-order valence-electron chi connectivity index (χ2n) is 5.23. The first-order valence-corrected chi connectivity index (χ1v) is 7.42. The van der Waals surface area contributed by atoms with Crippen molar-refractivity contribution in [3.05, 3.63) is 83.1 Å². The SMILES string of the molecule is CC(/C=C/C=C(\C)C(=O)O)=C\C=C\C=C(C)\C=C\C=C(/C)C(=O)O.[Na+]. The Morgan fingerprint density at radius 3 is 1.20 bits per heavy atom. The number of hydrogen-bond acceptors (Lipinski definition) is 2. The topological polar surface area (TPSA) is 74.6 Å². The van der Waals surface area contributed by atoms with Crippen LogP contribution in [0.25, 0.3) is 0 Å². The Hall–Kier alpha value is -1.88. The largest absolute Gasteiger partial charge is 1.00 e. The van der Waals surface area contributed by atoms with Crippen LogP contribution in [0.1, 0.15) is 27.7 Å². The van der Waals surface area contributed by atoms with Crippen LogP contribution >= 0.6 is 0 Å². The smallest absolute Gasteiger partial charge is 0.478 e. The molecule has 25 heavy (non-hydrogen) atoms. The van der Waals surface area contributed by atoms with Crippen LogP contribution in [-0.2, 0) is 9.59 Å². The van der Waals surface area contributed by atoms with Gasteiger partial charge in [0.25, 0.3) is 0 Å². The summed E-state index contributed by atoms with van der Waals surface area (Å²) >= 11 is 0. The van der Waals surface area contributed by atoms with Gasteiger partial charge in [-0.05, 0) is 27.7 Å². The molecular formula is C20H24NaO4+. The number of carboxylic acid groups (broad SMARTS) is 2. The number of allylic oxidation sites excluding steroid dienone is 12. The van der Waals surface area contributed by atoms with E-state index in [1.165, 1.54) is 0 Å². The van der Waals surface area contributed by atoms with Crippen molar-refractivity contribution in [1.29, 1.82) is 0 Å². The van der Waals surface area contributed by atoms with Crippen LogP contribution in [0.4, 0.5) is 0 Å². The van der Waals surface area contributed by atoms with E-state index in [4.69, 9.17) is 10.2 Å². The Labute approximate surface area is 171 Å². The molecule has 0 unspecified atom stereocenters. The molecule has 0 bridgehead atoms. The number of carboxylic acids is 2. The minimum Gasteiger partial charge on any atom is -0.478 e. The summed E-state index contributed by atoms with van der Waals surface area (Å²) in [6.07, 6.45) is 17.7. The molecule has 0 amide bonds. The third-order valence-electron chi connectivity index (χ3n) is 2.91. The molecule has 0 fully saturated rings. The second-order valence-corrected chi connectivity index (χ2v) is 5.23. The molecule has 0 saturated carbocycles. The van der Waals surface area contributed by atoms with Crippen LogP contribution < -0.4 is 29.6 Å². The van der Waals surface area contributed by atoms with Gasteiger partial charge in [-0.2, -0.15) is 0 Å². The Bertz CT molecular complexity index is 614. The van der Waals surface area contributed by atoms with E-state index >= 15 is 0 Å². The number of rotatable bonds is 8. The Balaban J connectivity index is 0. The Morgan fingerprint density at radius 2 is 0.920 bits per heavy atom. The third-order valence-corrected chi connectivity index (χ3v) is 2.91. The van der Waals surface area contributed by atoms with Crippen LogP contribution in [-0.4, -0.2) is 22.2 Å². The van der Waals surface area contributed by atoms with Crippen LogP contribution in [0, 0.1) is 0 Å². The zero-order valence-corrected chi connectivity index (χ0v) is 17.5. The normalized spacial score (nSPS) is 14.4. The van der Waals surface area contributed by atoms with Crippen molar-refractivity contribution in [1.82, 2.24) is 0 Å². The summed E-state index contributed by atoms with van der Waals surface area (Å²) in [6.45, 7) is 6.92. The molecule has 0 aliphatic rings. The van der Waals surface area contributed by atoms with E-state index in [-0.39, 0.29) is 40.7 Å². The van der Waals surface area contributed by atoms with Crippen molar-refractivity contribution in [2.45, 2.75) is 27.7 Å². The van der Waals surface area contributed by atoms with Gasteiger partial charge in [0.1, 0.15) is 0 Å². The van der Waals surface area contributed by atoms with Gasteiger partial charge in [0.15, 0.2) is 0 Å². The monoisotopic (exact) mass is 351 g/mol. The minimum absolute atomic E-state index is 0. The van der Waals surface area contributed by atoms with Crippen molar-refractivity contribution < 1.29 is 49.4 Å². The van der Waals surface area contributed by atoms with E-state index in [9.17, 15) is 9.59 Å². The van der Waals surface area contributed by atoms with E-state index in [2.05, 4.69) is 0 Å². The number of carbonyl (C=O) groups is 2. The number of hydrogen-bond donors (Lipinski definition) is 2. The predicted octanol–water partition coefficient (Wildman–Crippen LogP) is 1.61. The summed E-state index contributed by atoms with van der Waals surface area (Å²) in [5.74, 6) is -1.86. The summed E-state index contributed by atoms with van der Waals surface area (Å²) in [5, 5.41) is 17.4. The average Bonchev–Trinajstić information content (AvgIpc) is 2.51. The maximum absolute atomic E-state index is 10.6. The molecular weight excluding hydrogens is 327 g/mol. The zero-order chi connectivity index (χ0) is 18.5. The van der Waals surface area contributed by atoms with Gasteiger partial charge >= 0.3 is 41.5 Å². The van der Waals surface area contributed by atoms with Crippen LogP contribution in [0.3, 0.4) is 0 Å². The van der Waals surface area contributed by atoms with Crippen LogP contribution in [0.2, 0.25) is 0 Å². The minimum atomic E-state index is -0.928. The first kappa shape index (κ1) is 25.4. The first-order chi connectivity index (χ1) is 11.2. The van der Waals surface area contributed by atoms with E-state index in [1.54, 1.807) is 38.2 Å². The predicted molar refractivity (Wildman–Crippen MR) is 97.7 cm³/mol. The van der Waals surface area contributed by atoms with Gasteiger partial charge in [0.05, 0.1) is 0 Å². The molecule has 4 nitrogen and oxygen atoms in total. The fourth-order valence-electron chi connectivity index (χ4n) is 1.36. The molecule has 0 saturated heterocycles. The summed E-state index contributed by atoms with van der Waals surface area (Å²) in [6, 6.07) is 0. The van der Waals surface area contributed by atoms with E-state index in [0.29, 0.717) is 0 Å². The molecule has 0 aromatic heterocycles. The van der Waals surface area contributed by atoms with Gasteiger partial charge < -0.3 is 10.2 Å². The standard InChI is InChI=1S/C20H24O4.Na/c1-15(11-7-13-17(3)19(21)22)9-5-6-10-16(2)12-8-14-18(4)20(23)24;/h5-14H,1-4H3,(H,21,22)(H,23,24);/q;+1/b6-5+,11-7+,12-8+,15-9+,16-10+,17-13+,18-14+;. The van der Waals surface area contributed by atoms with Gasteiger partial charge in [-0.3, -0.25) is 0 Å². The van der Waals surface area contributed by atoms with Crippen molar-refractivity contribution in [3.8, 4) is 0 Å². The fraction of sp³-hybridized carbons (Fsp3) is 0.200. The maximum atomic E-state index is 10.6. The zero-order valence-electron chi connectivity index (χ0n) is 15.5. The van der Waals surface area contributed by atoms with E-state index < -0.39 is 11.9 Å². The molecule has 0 aromatic carbocycles. The number of aliphatic carboxylic acids is 2. The van der Waals surface area contributed by atoms with Gasteiger partial charge in [-0.1, -0.05) is 71.9 Å².